The summed E-state index contributed by atoms with van der Waals surface area (Å²) in [6, 6.07) is 7.52. The normalized spacial score (nSPS) is 23.1. The molecule has 2 unspecified atom stereocenters. The Morgan fingerprint density at radius 2 is 2.29 bits per heavy atom. The Labute approximate surface area is 83.0 Å². The van der Waals surface area contributed by atoms with E-state index in [4.69, 9.17) is 0 Å². The molecule has 1 aliphatic rings. The van der Waals surface area contributed by atoms with E-state index in [9.17, 15) is 9.90 Å². The highest BCUT2D eigenvalue weighted by atomic mass is 16.3. The fourth-order valence-corrected chi connectivity index (χ4v) is 1.96. The van der Waals surface area contributed by atoms with Crippen LogP contribution in [0.4, 0.5) is 0 Å². The van der Waals surface area contributed by atoms with E-state index in [0.717, 1.165) is 17.4 Å². The maximum absolute atomic E-state index is 10.9. The zero-order chi connectivity index (χ0) is 10.1. The summed E-state index contributed by atoms with van der Waals surface area (Å²) in [6.07, 6.45) is 0.302. The molecule has 0 aromatic heterocycles. The van der Waals surface area contributed by atoms with Crippen LogP contribution in [0.3, 0.4) is 0 Å². The van der Waals surface area contributed by atoms with Crippen LogP contribution in [0.2, 0.25) is 0 Å². The summed E-state index contributed by atoms with van der Waals surface area (Å²) in [6.45, 7) is 2.33. The highest BCUT2D eigenvalue weighted by Gasteiger charge is 2.31. The molecule has 1 aromatic rings. The lowest BCUT2D eigenvalue weighted by molar-refractivity contribution is -0.116. The average Bonchev–Trinajstić information content (AvgIpc) is 2.56. The lowest BCUT2D eigenvalue weighted by Gasteiger charge is -2.23. The number of hydrogen-bond donors (Lipinski definition) is 1. The van der Waals surface area contributed by atoms with Gasteiger partial charge in [0.1, 0.15) is 12.5 Å². The minimum atomic E-state index is -0.586. The zero-order valence-electron chi connectivity index (χ0n) is 8.05. The quantitative estimate of drug-likeness (QED) is 0.711. The van der Waals surface area contributed by atoms with Crippen molar-refractivity contribution in [1.82, 2.24) is 4.90 Å². The summed E-state index contributed by atoms with van der Waals surface area (Å²) < 4.78 is 0. The summed E-state index contributed by atoms with van der Waals surface area (Å²) in [4.78, 5) is 12.7. The van der Waals surface area contributed by atoms with Crippen molar-refractivity contribution in [2.24, 2.45) is 0 Å². The number of carbonyl (C=O) groups excluding carboxylic acids is 1. The lowest BCUT2D eigenvalue weighted by atomic mass is 10.1. The van der Waals surface area contributed by atoms with Gasteiger partial charge in [-0.2, -0.15) is 0 Å². The van der Waals surface area contributed by atoms with Crippen molar-refractivity contribution in [3.63, 3.8) is 0 Å². The van der Waals surface area contributed by atoms with E-state index in [0.29, 0.717) is 6.54 Å². The maximum Gasteiger partial charge on any atom is 0.141 e. The predicted molar refractivity (Wildman–Crippen MR) is 52.5 cm³/mol. The Bertz CT molecular complexity index is 349. The monoisotopic (exact) mass is 191 g/mol. The predicted octanol–water partition coefficient (Wildman–Crippen LogP) is 1.08. The van der Waals surface area contributed by atoms with Crippen LogP contribution >= 0.6 is 0 Å². The van der Waals surface area contributed by atoms with Crippen LogP contribution in [0.1, 0.15) is 24.1 Å². The Kier molecular flexibility index (Phi) is 2.35. The third kappa shape index (κ3) is 1.35. The molecule has 0 saturated heterocycles. The van der Waals surface area contributed by atoms with Gasteiger partial charge in [0, 0.05) is 6.54 Å². The Balaban J connectivity index is 2.38. The van der Waals surface area contributed by atoms with Crippen molar-refractivity contribution in [3.8, 4) is 0 Å². The number of nitrogens with zero attached hydrogens (tertiary/aromatic N) is 1. The van der Waals surface area contributed by atoms with Gasteiger partial charge in [-0.25, -0.2) is 0 Å². The summed E-state index contributed by atoms with van der Waals surface area (Å²) in [5.74, 6) is 0. The molecule has 0 saturated carbocycles. The molecule has 74 valence electrons. The molecule has 1 N–H and O–H groups in total. The first-order valence-electron chi connectivity index (χ1n) is 4.71. The lowest BCUT2D eigenvalue weighted by Crippen LogP contribution is -2.31. The van der Waals surface area contributed by atoms with E-state index in [1.165, 1.54) is 0 Å². The summed E-state index contributed by atoms with van der Waals surface area (Å²) in [5, 5.41) is 9.49. The molecule has 2 rings (SSSR count). The molecule has 2 atom stereocenters. The second kappa shape index (κ2) is 3.52. The number of hydrogen-bond acceptors (Lipinski definition) is 3. The summed E-state index contributed by atoms with van der Waals surface area (Å²) in [5.41, 5.74) is 2.15. The standard InChI is InChI=1S/C11H13NO2/c1-8(14)12-6-9-4-2-3-5-10(9)11(12)7-13/h2-5,7-8,11,14H,6H2,1H3. The minimum Gasteiger partial charge on any atom is -0.379 e. The molecule has 0 aliphatic carbocycles. The number of aldehydes is 1. The maximum atomic E-state index is 10.9. The van der Waals surface area contributed by atoms with E-state index in [2.05, 4.69) is 0 Å². The molecular formula is C11H13NO2. The Morgan fingerprint density at radius 3 is 2.93 bits per heavy atom. The van der Waals surface area contributed by atoms with Crippen molar-refractivity contribution in [1.29, 1.82) is 0 Å². The van der Waals surface area contributed by atoms with E-state index in [-0.39, 0.29) is 6.04 Å². The number of carbonyl (C=O) groups is 1. The molecule has 0 amide bonds. The summed E-state index contributed by atoms with van der Waals surface area (Å²) >= 11 is 0. The van der Waals surface area contributed by atoms with Crippen molar-refractivity contribution in [2.75, 3.05) is 0 Å². The molecule has 14 heavy (non-hydrogen) atoms. The van der Waals surface area contributed by atoms with Gasteiger partial charge in [0.05, 0.1) is 6.04 Å². The first-order valence-corrected chi connectivity index (χ1v) is 4.71. The molecule has 1 aromatic carbocycles. The SMILES string of the molecule is CC(O)N1Cc2ccccc2C1C=O. The second-order valence-electron chi connectivity index (χ2n) is 3.58. The van der Waals surface area contributed by atoms with Crippen molar-refractivity contribution >= 4 is 6.29 Å². The first-order chi connectivity index (χ1) is 6.74. The van der Waals surface area contributed by atoms with Gasteiger partial charge in [0.2, 0.25) is 0 Å². The van der Waals surface area contributed by atoms with Crippen LogP contribution in [-0.2, 0) is 11.3 Å². The van der Waals surface area contributed by atoms with E-state index < -0.39 is 6.23 Å². The van der Waals surface area contributed by atoms with Crippen LogP contribution < -0.4 is 0 Å². The highest BCUT2D eigenvalue weighted by Crippen LogP contribution is 2.32. The van der Waals surface area contributed by atoms with Gasteiger partial charge in [0.15, 0.2) is 0 Å². The summed E-state index contributed by atoms with van der Waals surface area (Å²) in [7, 11) is 0. The largest absolute Gasteiger partial charge is 0.379 e. The van der Waals surface area contributed by atoms with E-state index in [1.54, 1.807) is 11.8 Å². The van der Waals surface area contributed by atoms with Crippen LogP contribution in [0.25, 0.3) is 0 Å². The van der Waals surface area contributed by atoms with Crippen LogP contribution in [-0.4, -0.2) is 22.5 Å². The zero-order valence-corrected chi connectivity index (χ0v) is 8.05. The third-order valence-electron chi connectivity index (χ3n) is 2.69. The van der Waals surface area contributed by atoms with Crippen molar-refractivity contribution < 1.29 is 9.90 Å². The van der Waals surface area contributed by atoms with Crippen molar-refractivity contribution in [2.45, 2.75) is 25.7 Å². The van der Waals surface area contributed by atoms with Crippen molar-refractivity contribution in [3.05, 3.63) is 35.4 Å². The van der Waals surface area contributed by atoms with Gasteiger partial charge in [-0.15, -0.1) is 0 Å². The second-order valence-corrected chi connectivity index (χ2v) is 3.58. The molecule has 1 aliphatic heterocycles. The number of benzene rings is 1. The highest BCUT2D eigenvalue weighted by molar-refractivity contribution is 5.64. The van der Waals surface area contributed by atoms with Gasteiger partial charge < -0.3 is 9.90 Å². The Hall–Kier alpha value is -1.19. The fourth-order valence-electron chi connectivity index (χ4n) is 1.96. The van der Waals surface area contributed by atoms with Crippen LogP contribution in [0.5, 0.6) is 0 Å². The number of aliphatic hydroxyl groups excluding tert-OH is 1. The number of rotatable bonds is 2. The molecular weight excluding hydrogens is 178 g/mol. The smallest absolute Gasteiger partial charge is 0.141 e. The fraction of sp³-hybridized carbons (Fsp3) is 0.364. The topological polar surface area (TPSA) is 40.5 Å². The average molecular weight is 191 g/mol. The number of aliphatic hydroxyl groups is 1. The van der Waals surface area contributed by atoms with Crippen LogP contribution in [0, 0.1) is 0 Å². The van der Waals surface area contributed by atoms with Gasteiger partial charge in [-0.1, -0.05) is 24.3 Å². The van der Waals surface area contributed by atoms with Crippen LogP contribution in [0.15, 0.2) is 24.3 Å². The van der Waals surface area contributed by atoms with Gasteiger partial charge >= 0.3 is 0 Å². The van der Waals surface area contributed by atoms with Gasteiger partial charge in [-0.3, -0.25) is 4.90 Å². The van der Waals surface area contributed by atoms with E-state index in [1.807, 2.05) is 24.3 Å². The first kappa shape index (κ1) is 9.37. The molecule has 0 spiro atoms. The molecule has 0 fully saturated rings. The van der Waals surface area contributed by atoms with Gasteiger partial charge in [0.25, 0.3) is 0 Å². The molecule has 3 heteroatoms. The van der Waals surface area contributed by atoms with Gasteiger partial charge in [-0.05, 0) is 18.1 Å². The number of fused-ring (bicyclic) bond motifs is 1. The minimum absolute atomic E-state index is 0.286. The molecule has 0 radical (unpaired) electrons. The molecule has 3 nitrogen and oxygen atoms in total. The Morgan fingerprint density at radius 1 is 1.57 bits per heavy atom. The van der Waals surface area contributed by atoms with E-state index >= 15 is 0 Å². The third-order valence-corrected chi connectivity index (χ3v) is 2.69. The molecule has 0 bridgehead atoms. The molecule has 1 heterocycles.